The zero-order valence-electron chi connectivity index (χ0n) is 10.6. The second kappa shape index (κ2) is 4.94. The van der Waals surface area contributed by atoms with Crippen LogP contribution in [0.1, 0.15) is 30.1 Å². The third-order valence-electron chi connectivity index (χ3n) is 3.31. The molecule has 98 valence electrons. The highest BCUT2D eigenvalue weighted by Gasteiger charge is 2.23. The number of hydrogen-bond acceptors (Lipinski definition) is 3. The van der Waals surface area contributed by atoms with Gasteiger partial charge in [-0.05, 0) is 36.6 Å². The van der Waals surface area contributed by atoms with Gasteiger partial charge in [0.05, 0.1) is 6.10 Å². The molecule has 2 aromatic carbocycles. The van der Waals surface area contributed by atoms with E-state index >= 15 is 0 Å². The summed E-state index contributed by atoms with van der Waals surface area (Å²) in [6, 6.07) is 14.9. The monoisotopic (exact) mass is 255 g/mol. The van der Waals surface area contributed by atoms with Crippen molar-refractivity contribution >= 4 is 5.69 Å². The van der Waals surface area contributed by atoms with Gasteiger partial charge in [0.2, 0.25) is 0 Å². The lowest BCUT2D eigenvalue weighted by Crippen LogP contribution is -2.03. The number of benzene rings is 2. The minimum atomic E-state index is -0.698. The van der Waals surface area contributed by atoms with Gasteiger partial charge in [-0.2, -0.15) is 0 Å². The number of para-hydroxylation sites is 1. The highest BCUT2D eigenvalue weighted by molar-refractivity contribution is 5.50. The Labute approximate surface area is 112 Å². The summed E-state index contributed by atoms with van der Waals surface area (Å²) >= 11 is 0. The SMILES string of the molecule is Nc1ccccc1C(O)c1ccc(OC2CC2)cc1. The lowest BCUT2D eigenvalue weighted by molar-refractivity contribution is 0.221. The van der Waals surface area contributed by atoms with E-state index in [1.165, 1.54) is 0 Å². The predicted octanol–water partition coefficient (Wildman–Crippen LogP) is 2.89. The number of aliphatic hydroxyl groups is 1. The van der Waals surface area contributed by atoms with Crippen molar-refractivity contribution in [2.75, 3.05) is 5.73 Å². The van der Waals surface area contributed by atoms with E-state index in [4.69, 9.17) is 10.5 Å². The zero-order valence-corrected chi connectivity index (χ0v) is 10.6. The van der Waals surface area contributed by atoms with Gasteiger partial charge >= 0.3 is 0 Å². The van der Waals surface area contributed by atoms with Gasteiger partial charge in [0.25, 0.3) is 0 Å². The first-order chi connectivity index (χ1) is 9.24. The van der Waals surface area contributed by atoms with Gasteiger partial charge in [-0.1, -0.05) is 30.3 Å². The van der Waals surface area contributed by atoms with Crippen LogP contribution in [0.15, 0.2) is 48.5 Å². The molecule has 1 unspecified atom stereocenters. The van der Waals surface area contributed by atoms with Gasteiger partial charge in [-0.15, -0.1) is 0 Å². The molecule has 2 aromatic rings. The fourth-order valence-corrected chi connectivity index (χ4v) is 2.05. The minimum absolute atomic E-state index is 0.389. The van der Waals surface area contributed by atoms with Crippen LogP contribution in [0.2, 0.25) is 0 Å². The topological polar surface area (TPSA) is 55.5 Å². The third-order valence-corrected chi connectivity index (χ3v) is 3.31. The van der Waals surface area contributed by atoms with Crippen LogP contribution >= 0.6 is 0 Å². The Morgan fingerprint density at radius 3 is 2.37 bits per heavy atom. The van der Waals surface area contributed by atoms with Crippen LogP contribution in [0.4, 0.5) is 5.69 Å². The largest absolute Gasteiger partial charge is 0.490 e. The van der Waals surface area contributed by atoms with Crippen LogP contribution in [0.25, 0.3) is 0 Å². The molecule has 3 rings (SSSR count). The Morgan fingerprint density at radius 2 is 1.74 bits per heavy atom. The van der Waals surface area contributed by atoms with E-state index in [0.29, 0.717) is 11.8 Å². The molecular weight excluding hydrogens is 238 g/mol. The van der Waals surface area contributed by atoms with Crippen molar-refractivity contribution in [1.82, 2.24) is 0 Å². The summed E-state index contributed by atoms with van der Waals surface area (Å²) in [6.45, 7) is 0. The number of aliphatic hydroxyl groups excluding tert-OH is 1. The van der Waals surface area contributed by atoms with Crippen molar-refractivity contribution in [3.05, 3.63) is 59.7 Å². The molecule has 0 heterocycles. The number of anilines is 1. The fourth-order valence-electron chi connectivity index (χ4n) is 2.05. The Kier molecular flexibility index (Phi) is 3.13. The maximum atomic E-state index is 10.3. The molecule has 1 saturated carbocycles. The average molecular weight is 255 g/mol. The van der Waals surface area contributed by atoms with Crippen LogP contribution < -0.4 is 10.5 Å². The quantitative estimate of drug-likeness (QED) is 0.826. The van der Waals surface area contributed by atoms with E-state index in [1.807, 2.05) is 42.5 Å². The second-order valence-electron chi connectivity index (χ2n) is 4.92. The molecule has 1 fully saturated rings. The van der Waals surface area contributed by atoms with Crippen molar-refractivity contribution in [2.24, 2.45) is 0 Å². The molecule has 3 heteroatoms. The summed E-state index contributed by atoms with van der Waals surface area (Å²) < 4.78 is 5.68. The molecule has 3 N–H and O–H groups in total. The maximum absolute atomic E-state index is 10.3. The first-order valence-corrected chi connectivity index (χ1v) is 6.53. The van der Waals surface area contributed by atoms with Gasteiger partial charge < -0.3 is 15.6 Å². The predicted molar refractivity (Wildman–Crippen MR) is 75.0 cm³/mol. The maximum Gasteiger partial charge on any atom is 0.119 e. The zero-order chi connectivity index (χ0) is 13.2. The smallest absolute Gasteiger partial charge is 0.119 e. The molecule has 0 spiro atoms. The van der Waals surface area contributed by atoms with Gasteiger partial charge in [0.15, 0.2) is 0 Å². The van der Waals surface area contributed by atoms with E-state index in [1.54, 1.807) is 6.07 Å². The van der Waals surface area contributed by atoms with E-state index < -0.39 is 6.10 Å². The van der Waals surface area contributed by atoms with Gasteiger partial charge in [0.1, 0.15) is 11.9 Å². The van der Waals surface area contributed by atoms with Crippen molar-refractivity contribution in [3.8, 4) is 5.75 Å². The number of rotatable bonds is 4. The lowest BCUT2D eigenvalue weighted by atomic mass is 10.00. The minimum Gasteiger partial charge on any atom is -0.490 e. The fraction of sp³-hybridized carbons (Fsp3) is 0.250. The second-order valence-corrected chi connectivity index (χ2v) is 4.92. The molecular formula is C16H17NO2. The molecule has 0 bridgehead atoms. The Morgan fingerprint density at radius 1 is 1.05 bits per heavy atom. The molecule has 19 heavy (non-hydrogen) atoms. The summed E-state index contributed by atoms with van der Waals surface area (Å²) in [4.78, 5) is 0. The standard InChI is InChI=1S/C16H17NO2/c17-15-4-2-1-3-14(15)16(18)11-5-7-12(8-6-11)19-13-9-10-13/h1-8,13,16,18H,9-10,17H2. The van der Waals surface area contributed by atoms with Crippen LogP contribution in [0.3, 0.4) is 0 Å². The summed E-state index contributed by atoms with van der Waals surface area (Å²) in [5.74, 6) is 0.861. The normalized spacial score (nSPS) is 16.1. The molecule has 0 radical (unpaired) electrons. The Hall–Kier alpha value is -2.00. The molecule has 1 aliphatic carbocycles. The molecule has 0 aromatic heterocycles. The summed E-state index contributed by atoms with van der Waals surface area (Å²) in [7, 11) is 0. The van der Waals surface area contributed by atoms with Crippen LogP contribution in [-0.4, -0.2) is 11.2 Å². The van der Waals surface area contributed by atoms with E-state index in [-0.39, 0.29) is 0 Å². The van der Waals surface area contributed by atoms with Crippen LogP contribution in [0, 0.1) is 0 Å². The van der Waals surface area contributed by atoms with E-state index in [2.05, 4.69) is 0 Å². The van der Waals surface area contributed by atoms with Gasteiger partial charge in [0, 0.05) is 11.3 Å². The van der Waals surface area contributed by atoms with Crippen molar-refractivity contribution in [2.45, 2.75) is 25.0 Å². The highest BCUT2D eigenvalue weighted by atomic mass is 16.5. The molecule has 1 aliphatic rings. The van der Waals surface area contributed by atoms with Crippen molar-refractivity contribution in [1.29, 1.82) is 0 Å². The Balaban J connectivity index is 1.79. The summed E-state index contributed by atoms with van der Waals surface area (Å²) in [6.07, 6.45) is 1.98. The molecule has 0 aliphatic heterocycles. The molecule has 0 amide bonds. The number of nitrogens with two attached hydrogens (primary N) is 1. The first-order valence-electron chi connectivity index (χ1n) is 6.53. The van der Waals surface area contributed by atoms with E-state index in [0.717, 1.165) is 29.7 Å². The van der Waals surface area contributed by atoms with Crippen molar-refractivity contribution < 1.29 is 9.84 Å². The third kappa shape index (κ3) is 2.71. The Bertz CT molecular complexity index is 561. The van der Waals surface area contributed by atoms with Crippen molar-refractivity contribution in [3.63, 3.8) is 0 Å². The van der Waals surface area contributed by atoms with E-state index in [9.17, 15) is 5.11 Å². The highest BCUT2D eigenvalue weighted by Crippen LogP contribution is 2.30. The number of nitrogen functional groups attached to an aromatic ring is 1. The number of ether oxygens (including phenoxy) is 1. The lowest BCUT2D eigenvalue weighted by Gasteiger charge is -2.14. The first kappa shape index (κ1) is 12.1. The molecule has 1 atom stereocenters. The average Bonchev–Trinajstić information content (AvgIpc) is 3.23. The van der Waals surface area contributed by atoms with Crippen LogP contribution in [0.5, 0.6) is 5.75 Å². The van der Waals surface area contributed by atoms with Crippen LogP contribution in [-0.2, 0) is 0 Å². The summed E-state index contributed by atoms with van der Waals surface area (Å²) in [5, 5.41) is 10.3. The molecule has 0 saturated heterocycles. The summed E-state index contributed by atoms with van der Waals surface area (Å²) in [5.41, 5.74) is 8.04. The number of hydrogen-bond donors (Lipinski definition) is 2. The molecule has 3 nitrogen and oxygen atoms in total. The van der Waals surface area contributed by atoms with Gasteiger partial charge in [-0.3, -0.25) is 0 Å². The van der Waals surface area contributed by atoms with Gasteiger partial charge in [-0.25, -0.2) is 0 Å².